The standard InChI is InChI=1S/C22H26N2O6/c1-5-28-18-12-9-16(13-19(18)29-6-2)22(27)30-14-20(25)23-17-10-7-15(8-11-17)21(26)24(3)4/h7-13H,5-6,14H2,1-4H3,(H,23,25). The van der Waals surface area contributed by atoms with Gasteiger partial charge in [0.25, 0.3) is 11.8 Å². The number of esters is 1. The first-order chi connectivity index (χ1) is 14.3. The summed E-state index contributed by atoms with van der Waals surface area (Å²) in [6, 6.07) is 11.1. The molecule has 2 amide bonds. The molecule has 160 valence electrons. The van der Waals surface area contributed by atoms with Crippen molar-refractivity contribution in [3.8, 4) is 11.5 Å². The lowest BCUT2D eigenvalue weighted by Gasteiger charge is -2.12. The summed E-state index contributed by atoms with van der Waals surface area (Å²) in [4.78, 5) is 37.7. The molecule has 1 N–H and O–H groups in total. The van der Waals surface area contributed by atoms with E-state index in [4.69, 9.17) is 14.2 Å². The Labute approximate surface area is 175 Å². The summed E-state index contributed by atoms with van der Waals surface area (Å²) in [5, 5.41) is 2.62. The third kappa shape index (κ3) is 6.23. The summed E-state index contributed by atoms with van der Waals surface area (Å²) in [6.45, 7) is 4.11. The smallest absolute Gasteiger partial charge is 0.338 e. The van der Waals surface area contributed by atoms with Crippen molar-refractivity contribution in [3.05, 3.63) is 53.6 Å². The molecule has 2 aromatic carbocycles. The van der Waals surface area contributed by atoms with E-state index in [0.717, 1.165) is 0 Å². The Morgan fingerprint density at radius 1 is 0.867 bits per heavy atom. The summed E-state index contributed by atoms with van der Waals surface area (Å²) in [5.74, 6) is -0.314. The van der Waals surface area contributed by atoms with E-state index in [9.17, 15) is 14.4 Å². The maximum Gasteiger partial charge on any atom is 0.338 e. The molecule has 2 aromatic rings. The summed E-state index contributed by atoms with van der Waals surface area (Å²) < 4.78 is 16.0. The molecule has 0 aromatic heterocycles. The van der Waals surface area contributed by atoms with E-state index in [0.29, 0.717) is 36.0 Å². The number of anilines is 1. The molecule has 0 saturated heterocycles. The third-order valence-electron chi connectivity index (χ3n) is 3.94. The van der Waals surface area contributed by atoms with E-state index >= 15 is 0 Å². The van der Waals surface area contributed by atoms with Crippen LogP contribution in [0.5, 0.6) is 11.5 Å². The van der Waals surface area contributed by atoms with Gasteiger partial charge in [0.1, 0.15) is 0 Å². The van der Waals surface area contributed by atoms with E-state index in [1.54, 1.807) is 50.5 Å². The monoisotopic (exact) mass is 414 g/mol. The summed E-state index contributed by atoms with van der Waals surface area (Å²) in [6.07, 6.45) is 0. The van der Waals surface area contributed by atoms with Crippen molar-refractivity contribution in [1.29, 1.82) is 0 Å². The number of rotatable bonds is 9. The van der Waals surface area contributed by atoms with E-state index < -0.39 is 18.5 Å². The highest BCUT2D eigenvalue weighted by atomic mass is 16.5. The molecule has 0 aliphatic heterocycles. The van der Waals surface area contributed by atoms with Crippen molar-refractivity contribution in [1.82, 2.24) is 4.90 Å². The highest BCUT2D eigenvalue weighted by Crippen LogP contribution is 2.28. The van der Waals surface area contributed by atoms with Crippen LogP contribution in [0.25, 0.3) is 0 Å². The van der Waals surface area contributed by atoms with Gasteiger partial charge in [0.2, 0.25) is 0 Å². The van der Waals surface area contributed by atoms with Crippen LogP contribution in [0.3, 0.4) is 0 Å². The molecule has 0 saturated carbocycles. The highest BCUT2D eigenvalue weighted by molar-refractivity contribution is 5.97. The Morgan fingerprint density at radius 3 is 2.07 bits per heavy atom. The fourth-order valence-electron chi connectivity index (χ4n) is 2.54. The fourth-order valence-corrected chi connectivity index (χ4v) is 2.54. The molecule has 2 rings (SSSR count). The molecule has 0 aliphatic rings. The van der Waals surface area contributed by atoms with Gasteiger partial charge in [-0.3, -0.25) is 9.59 Å². The maximum atomic E-state index is 12.3. The van der Waals surface area contributed by atoms with Crippen LogP contribution in [0, 0.1) is 0 Å². The SMILES string of the molecule is CCOc1ccc(C(=O)OCC(=O)Nc2ccc(C(=O)N(C)C)cc2)cc1OCC. The van der Waals surface area contributed by atoms with Crippen molar-refractivity contribution >= 4 is 23.5 Å². The number of ether oxygens (including phenoxy) is 3. The lowest BCUT2D eigenvalue weighted by atomic mass is 10.2. The second kappa shape index (κ2) is 10.8. The van der Waals surface area contributed by atoms with Crippen molar-refractivity contribution in [2.75, 3.05) is 39.2 Å². The highest BCUT2D eigenvalue weighted by Gasteiger charge is 2.15. The molecule has 30 heavy (non-hydrogen) atoms. The van der Waals surface area contributed by atoms with Gasteiger partial charge in [-0.15, -0.1) is 0 Å². The molecule has 0 aliphatic carbocycles. The number of hydrogen-bond donors (Lipinski definition) is 1. The molecular formula is C22H26N2O6. The van der Waals surface area contributed by atoms with Gasteiger partial charge in [0, 0.05) is 25.3 Å². The van der Waals surface area contributed by atoms with Crippen LogP contribution in [0.2, 0.25) is 0 Å². The maximum absolute atomic E-state index is 12.3. The minimum Gasteiger partial charge on any atom is -0.490 e. The number of nitrogens with zero attached hydrogens (tertiary/aromatic N) is 1. The van der Waals surface area contributed by atoms with Crippen LogP contribution in [0.15, 0.2) is 42.5 Å². The van der Waals surface area contributed by atoms with Gasteiger partial charge in [-0.25, -0.2) is 4.79 Å². The van der Waals surface area contributed by atoms with E-state index in [1.807, 2.05) is 13.8 Å². The summed E-state index contributed by atoms with van der Waals surface area (Å²) in [5.41, 5.74) is 1.25. The Hall–Kier alpha value is -3.55. The molecular weight excluding hydrogens is 388 g/mol. The van der Waals surface area contributed by atoms with Gasteiger partial charge in [-0.05, 0) is 56.3 Å². The number of hydrogen-bond acceptors (Lipinski definition) is 6. The van der Waals surface area contributed by atoms with Crippen LogP contribution < -0.4 is 14.8 Å². The number of benzene rings is 2. The molecule has 0 radical (unpaired) electrons. The number of nitrogens with one attached hydrogen (secondary N) is 1. The lowest BCUT2D eigenvalue weighted by Crippen LogP contribution is -2.22. The van der Waals surface area contributed by atoms with Gasteiger partial charge >= 0.3 is 5.97 Å². The van der Waals surface area contributed by atoms with Gasteiger partial charge < -0.3 is 24.4 Å². The molecule has 0 heterocycles. The second-order valence-corrected chi connectivity index (χ2v) is 6.43. The van der Waals surface area contributed by atoms with E-state index in [1.165, 1.54) is 11.0 Å². The minimum atomic E-state index is -0.652. The van der Waals surface area contributed by atoms with Crippen molar-refractivity contribution < 1.29 is 28.6 Å². The van der Waals surface area contributed by atoms with Crippen LogP contribution in [0.4, 0.5) is 5.69 Å². The fraction of sp³-hybridized carbons (Fsp3) is 0.318. The zero-order chi connectivity index (χ0) is 22.1. The van der Waals surface area contributed by atoms with Gasteiger partial charge in [0.05, 0.1) is 18.8 Å². The summed E-state index contributed by atoms with van der Waals surface area (Å²) in [7, 11) is 3.32. The Balaban J connectivity index is 1.93. The van der Waals surface area contributed by atoms with Gasteiger partial charge in [0.15, 0.2) is 18.1 Å². The minimum absolute atomic E-state index is 0.136. The van der Waals surface area contributed by atoms with Crippen molar-refractivity contribution in [3.63, 3.8) is 0 Å². The molecule has 8 nitrogen and oxygen atoms in total. The molecule has 0 spiro atoms. The Kier molecular flexibility index (Phi) is 8.22. The van der Waals surface area contributed by atoms with Gasteiger partial charge in [-0.2, -0.15) is 0 Å². The Bertz CT molecular complexity index is 893. The predicted octanol–water partition coefficient (Wildman–Crippen LogP) is 2.98. The first kappa shape index (κ1) is 22.7. The molecule has 0 bridgehead atoms. The van der Waals surface area contributed by atoms with E-state index in [2.05, 4.69) is 5.32 Å². The topological polar surface area (TPSA) is 94.2 Å². The molecule has 0 unspecified atom stereocenters. The van der Waals surface area contributed by atoms with Crippen LogP contribution in [0.1, 0.15) is 34.6 Å². The quantitative estimate of drug-likeness (QED) is 0.634. The van der Waals surface area contributed by atoms with Crippen LogP contribution in [-0.4, -0.2) is 56.6 Å². The summed E-state index contributed by atoms with van der Waals surface area (Å²) >= 11 is 0. The zero-order valence-corrected chi connectivity index (χ0v) is 17.6. The predicted molar refractivity (Wildman–Crippen MR) is 112 cm³/mol. The second-order valence-electron chi connectivity index (χ2n) is 6.43. The van der Waals surface area contributed by atoms with Gasteiger partial charge in [-0.1, -0.05) is 0 Å². The Morgan fingerprint density at radius 2 is 1.47 bits per heavy atom. The zero-order valence-electron chi connectivity index (χ0n) is 17.6. The molecule has 0 atom stereocenters. The number of carbonyl (C=O) groups is 3. The first-order valence-corrected chi connectivity index (χ1v) is 9.54. The normalized spacial score (nSPS) is 10.1. The van der Waals surface area contributed by atoms with Crippen LogP contribution >= 0.6 is 0 Å². The average molecular weight is 414 g/mol. The third-order valence-corrected chi connectivity index (χ3v) is 3.94. The molecule has 0 fully saturated rings. The van der Waals surface area contributed by atoms with Crippen LogP contribution in [-0.2, 0) is 9.53 Å². The lowest BCUT2D eigenvalue weighted by molar-refractivity contribution is -0.119. The largest absolute Gasteiger partial charge is 0.490 e. The number of carbonyl (C=O) groups excluding carboxylic acids is 3. The van der Waals surface area contributed by atoms with Crippen molar-refractivity contribution in [2.24, 2.45) is 0 Å². The van der Waals surface area contributed by atoms with E-state index in [-0.39, 0.29) is 11.5 Å². The average Bonchev–Trinajstić information content (AvgIpc) is 2.73. The number of amides is 2. The first-order valence-electron chi connectivity index (χ1n) is 9.54. The molecule has 8 heteroatoms. The van der Waals surface area contributed by atoms with Crippen molar-refractivity contribution in [2.45, 2.75) is 13.8 Å².